The van der Waals surface area contributed by atoms with Crippen LogP contribution in [0.25, 0.3) is 0 Å². The van der Waals surface area contributed by atoms with Crippen molar-refractivity contribution in [2.24, 2.45) is 5.92 Å². The lowest BCUT2D eigenvalue weighted by molar-refractivity contribution is 0.192. The summed E-state index contributed by atoms with van der Waals surface area (Å²) < 4.78 is 0. The van der Waals surface area contributed by atoms with E-state index in [9.17, 15) is 5.26 Å². The minimum absolute atomic E-state index is 0.306. The summed E-state index contributed by atoms with van der Waals surface area (Å²) in [4.78, 5) is 2.37. The zero-order valence-corrected chi connectivity index (χ0v) is 19.6. The van der Waals surface area contributed by atoms with Crippen LogP contribution in [0, 0.1) is 17.2 Å². The Bertz CT molecular complexity index is 835. The van der Waals surface area contributed by atoms with Crippen molar-refractivity contribution in [2.75, 3.05) is 7.05 Å². The highest BCUT2D eigenvalue weighted by Gasteiger charge is 2.43. The van der Waals surface area contributed by atoms with Crippen LogP contribution in [0.3, 0.4) is 0 Å². The Morgan fingerprint density at radius 2 is 1.67 bits per heavy atom. The number of hydrogen-bond donors (Lipinski definition) is 0. The average molecular weight is 443 g/mol. The first kappa shape index (κ1) is 23.1. The van der Waals surface area contributed by atoms with Crippen LogP contribution >= 0.6 is 23.2 Å². The molecule has 0 radical (unpaired) electrons. The Morgan fingerprint density at radius 3 is 2.27 bits per heavy atom. The normalized spacial score (nSPS) is 18.0. The molecule has 2 aromatic rings. The highest BCUT2D eigenvalue weighted by molar-refractivity contribution is 6.36. The number of benzene rings is 2. The van der Waals surface area contributed by atoms with Gasteiger partial charge in [-0.3, -0.25) is 4.90 Å². The lowest BCUT2D eigenvalue weighted by atomic mass is 9.63. The van der Waals surface area contributed by atoms with E-state index in [0.29, 0.717) is 22.0 Å². The highest BCUT2D eigenvalue weighted by Crippen LogP contribution is 2.48. The quantitative estimate of drug-likeness (QED) is 0.419. The number of hydrogen-bond acceptors (Lipinski definition) is 2. The number of halogens is 2. The first-order valence-corrected chi connectivity index (χ1v) is 11.8. The molecular formula is C26H32Cl2N2. The molecule has 30 heavy (non-hydrogen) atoms. The van der Waals surface area contributed by atoms with Crippen molar-refractivity contribution in [3.63, 3.8) is 0 Å². The molecule has 1 aliphatic rings. The SMILES string of the molecule is CC(CCC(C#N)(c1c(Cl)cccc1Cl)C1CCCCC1)N(C)Cc1ccccc1. The fraction of sp³-hybridized carbons (Fsp3) is 0.500. The topological polar surface area (TPSA) is 27.0 Å². The van der Waals surface area contributed by atoms with Crippen LogP contribution in [0.4, 0.5) is 0 Å². The molecule has 1 fully saturated rings. The van der Waals surface area contributed by atoms with Crippen molar-refractivity contribution in [3.8, 4) is 6.07 Å². The van der Waals surface area contributed by atoms with Gasteiger partial charge in [-0.25, -0.2) is 0 Å². The molecule has 3 rings (SSSR count). The standard InChI is InChI=1S/C26H32Cl2N2/c1-20(30(2)18-21-10-5-3-6-11-21)16-17-26(19-29,22-12-7-4-8-13-22)25-23(27)14-9-15-24(25)28/h3,5-6,9-11,14-15,20,22H,4,7-8,12-13,16-18H2,1-2H3. The molecule has 2 nitrogen and oxygen atoms in total. The second-order valence-corrected chi connectivity index (χ2v) is 9.62. The molecule has 4 heteroatoms. The van der Waals surface area contributed by atoms with Gasteiger partial charge in [-0.2, -0.15) is 5.26 Å². The van der Waals surface area contributed by atoms with Crippen LogP contribution in [0.5, 0.6) is 0 Å². The van der Waals surface area contributed by atoms with Crippen LogP contribution in [-0.4, -0.2) is 18.0 Å². The van der Waals surface area contributed by atoms with Gasteiger partial charge in [0.05, 0.1) is 11.5 Å². The molecule has 160 valence electrons. The summed E-state index contributed by atoms with van der Waals surface area (Å²) in [7, 11) is 2.16. The predicted octanol–water partition coefficient (Wildman–Crippen LogP) is 7.64. The van der Waals surface area contributed by atoms with Crippen molar-refractivity contribution in [2.45, 2.75) is 69.9 Å². The Kier molecular flexibility index (Phi) is 8.23. The van der Waals surface area contributed by atoms with Crippen molar-refractivity contribution < 1.29 is 0 Å². The second kappa shape index (κ2) is 10.7. The first-order valence-electron chi connectivity index (χ1n) is 11.1. The Labute approximate surface area is 191 Å². The van der Waals surface area contributed by atoms with Gasteiger partial charge in [0.25, 0.3) is 0 Å². The maximum Gasteiger partial charge on any atom is 0.0879 e. The second-order valence-electron chi connectivity index (χ2n) is 8.80. The lowest BCUT2D eigenvalue weighted by Crippen LogP contribution is -2.38. The molecule has 0 N–H and O–H groups in total. The van der Waals surface area contributed by atoms with Crippen LogP contribution in [0.2, 0.25) is 10.0 Å². The molecule has 0 saturated heterocycles. The molecule has 0 aliphatic heterocycles. The van der Waals surface area contributed by atoms with Gasteiger partial charge >= 0.3 is 0 Å². The predicted molar refractivity (Wildman–Crippen MR) is 127 cm³/mol. The van der Waals surface area contributed by atoms with Crippen molar-refractivity contribution >= 4 is 23.2 Å². The van der Waals surface area contributed by atoms with E-state index in [0.717, 1.165) is 37.8 Å². The van der Waals surface area contributed by atoms with E-state index < -0.39 is 5.41 Å². The van der Waals surface area contributed by atoms with E-state index in [1.807, 2.05) is 24.3 Å². The lowest BCUT2D eigenvalue weighted by Gasteiger charge is -2.40. The summed E-state index contributed by atoms with van der Waals surface area (Å²) in [5.74, 6) is 0.306. The van der Waals surface area contributed by atoms with E-state index in [2.05, 4.69) is 49.2 Å². The van der Waals surface area contributed by atoms with Gasteiger partial charge in [0.2, 0.25) is 0 Å². The molecule has 0 heterocycles. The van der Waals surface area contributed by atoms with E-state index in [4.69, 9.17) is 23.2 Å². The molecule has 1 saturated carbocycles. The van der Waals surface area contributed by atoms with Crippen molar-refractivity contribution in [1.29, 1.82) is 5.26 Å². The van der Waals surface area contributed by atoms with Gasteiger partial charge in [-0.05, 0) is 63.3 Å². The van der Waals surface area contributed by atoms with Crippen LogP contribution in [-0.2, 0) is 12.0 Å². The zero-order chi connectivity index (χ0) is 21.6. The number of rotatable bonds is 8. The third kappa shape index (κ3) is 5.20. The van der Waals surface area contributed by atoms with E-state index >= 15 is 0 Å². The van der Waals surface area contributed by atoms with Gasteiger partial charge in [0.15, 0.2) is 0 Å². The van der Waals surface area contributed by atoms with Crippen molar-refractivity contribution in [3.05, 3.63) is 69.7 Å². The Morgan fingerprint density at radius 1 is 1.03 bits per heavy atom. The van der Waals surface area contributed by atoms with Crippen LogP contribution in [0.1, 0.15) is 63.0 Å². The highest BCUT2D eigenvalue weighted by atomic mass is 35.5. The minimum atomic E-state index is -0.627. The summed E-state index contributed by atoms with van der Waals surface area (Å²) in [5, 5.41) is 11.8. The number of nitriles is 1. The van der Waals surface area contributed by atoms with E-state index in [-0.39, 0.29) is 0 Å². The molecule has 0 aromatic heterocycles. The Balaban J connectivity index is 1.83. The van der Waals surface area contributed by atoms with E-state index in [1.54, 1.807) is 0 Å². The zero-order valence-electron chi connectivity index (χ0n) is 18.1. The average Bonchev–Trinajstić information content (AvgIpc) is 2.77. The van der Waals surface area contributed by atoms with Crippen molar-refractivity contribution in [1.82, 2.24) is 4.90 Å². The van der Waals surface area contributed by atoms with Gasteiger partial charge in [-0.15, -0.1) is 0 Å². The monoisotopic (exact) mass is 442 g/mol. The number of nitrogens with zero attached hydrogens (tertiary/aromatic N) is 2. The third-order valence-electron chi connectivity index (χ3n) is 6.89. The largest absolute Gasteiger partial charge is 0.299 e. The molecular weight excluding hydrogens is 411 g/mol. The fourth-order valence-electron chi connectivity index (χ4n) is 4.94. The molecule has 0 bridgehead atoms. The Hall–Kier alpha value is -1.53. The summed E-state index contributed by atoms with van der Waals surface area (Å²) in [6.45, 7) is 3.15. The summed E-state index contributed by atoms with van der Waals surface area (Å²) in [5.41, 5.74) is 1.53. The van der Waals surface area contributed by atoms with E-state index in [1.165, 1.54) is 24.8 Å². The summed E-state index contributed by atoms with van der Waals surface area (Å²) in [6.07, 6.45) is 7.46. The molecule has 2 atom stereocenters. The summed E-state index contributed by atoms with van der Waals surface area (Å²) >= 11 is 13.3. The van der Waals surface area contributed by atoms with Gasteiger partial charge in [-0.1, -0.05) is 78.9 Å². The molecule has 1 aliphatic carbocycles. The smallest absolute Gasteiger partial charge is 0.0879 e. The van der Waals surface area contributed by atoms with Gasteiger partial charge in [0.1, 0.15) is 0 Å². The summed E-state index contributed by atoms with van der Waals surface area (Å²) in [6, 6.07) is 19.2. The maximum absolute atomic E-state index is 10.5. The van der Waals surface area contributed by atoms with Gasteiger partial charge < -0.3 is 0 Å². The minimum Gasteiger partial charge on any atom is -0.299 e. The molecule has 2 unspecified atom stereocenters. The fourth-order valence-corrected chi connectivity index (χ4v) is 5.67. The maximum atomic E-state index is 10.5. The molecule has 0 amide bonds. The molecule has 2 aromatic carbocycles. The van der Waals surface area contributed by atoms with Gasteiger partial charge in [0, 0.05) is 28.2 Å². The molecule has 0 spiro atoms. The first-order chi connectivity index (χ1) is 14.5. The third-order valence-corrected chi connectivity index (χ3v) is 7.52. The van der Waals surface area contributed by atoms with Crippen LogP contribution < -0.4 is 0 Å². The van der Waals surface area contributed by atoms with Crippen LogP contribution in [0.15, 0.2) is 48.5 Å².